The Morgan fingerprint density at radius 2 is 0.708 bits per heavy atom. The topological polar surface area (TPSA) is 26.3 Å². The minimum absolute atomic E-state index is 1.01. The van der Waals surface area contributed by atoms with Crippen molar-refractivity contribution in [3.8, 4) is 0 Å². The molecule has 0 radical (unpaired) electrons. The maximum atomic E-state index is 6.14. The fraction of sp³-hybridized carbons (Fsp3) is 0.364. The van der Waals surface area contributed by atoms with Gasteiger partial charge in [0.15, 0.2) is 0 Å². The lowest BCUT2D eigenvalue weighted by Crippen LogP contribution is -1.94. The molecule has 0 atom stereocenters. The zero-order valence-electron chi connectivity index (χ0n) is 15.8. The van der Waals surface area contributed by atoms with Gasteiger partial charge >= 0.3 is 0 Å². The van der Waals surface area contributed by atoms with Gasteiger partial charge in [-0.15, -0.1) is 0 Å². The summed E-state index contributed by atoms with van der Waals surface area (Å²) in [5, 5.41) is 5.20. The predicted octanol–water partition coefficient (Wildman–Crippen LogP) is 6.80. The van der Waals surface area contributed by atoms with Crippen LogP contribution < -0.4 is 0 Å². The van der Waals surface area contributed by atoms with Crippen LogP contribution in [0.2, 0.25) is 0 Å². The van der Waals surface area contributed by atoms with Crippen molar-refractivity contribution >= 4 is 32.7 Å². The Hall–Kier alpha value is -2.22. The third kappa shape index (κ3) is 1.61. The van der Waals surface area contributed by atoms with Crippen molar-refractivity contribution < 1.29 is 8.83 Å². The van der Waals surface area contributed by atoms with Gasteiger partial charge in [-0.2, -0.15) is 0 Å². The summed E-state index contributed by atoms with van der Waals surface area (Å²) in [5.74, 6) is 2.02. The van der Waals surface area contributed by atoms with Crippen LogP contribution in [-0.4, -0.2) is 0 Å². The molecule has 0 saturated carbocycles. The molecule has 0 aliphatic rings. The largest absolute Gasteiger partial charge is 0.461 e. The highest BCUT2D eigenvalue weighted by atomic mass is 16.3. The summed E-state index contributed by atoms with van der Waals surface area (Å²) in [5.41, 5.74) is 9.62. The maximum Gasteiger partial charge on any atom is 0.138 e. The lowest BCUT2D eigenvalue weighted by atomic mass is 9.87. The molecule has 2 heterocycles. The third-order valence-electron chi connectivity index (χ3n) is 6.08. The van der Waals surface area contributed by atoms with Crippen molar-refractivity contribution in [3.05, 3.63) is 44.9 Å². The highest BCUT2D eigenvalue weighted by molar-refractivity contribution is 6.22. The monoisotopic (exact) mass is 320 g/mol. The van der Waals surface area contributed by atoms with Crippen LogP contribution in [0.15, 0.2) is 8.83 Å². The molecule has 2 aromatic carbocycles. The van der Waals surface area contributed by atoms with Gasteiger partial charge in [-0.25, -0.2) is 0 Å². The van der Waals surface area contributed by atoms with E-state index in [1.165, 1.54) is 54.9 Å². The normalized spacial score (nSPS) is 12.2. The van der Waals surface area contributed by atoms with E-state index in [1.54, 1.807) is 0 Å². The van der Waals surface area contributed by atoms with E-state index in [2.05, 4.69) is 55.4 Å². The van der Waals surface area contributed by atoms with Gasteiger partial charge in [0.25, 0.3) is 0 Å². The van der Waals surface area contributed by atoms with E-state index < -0.39 is 0 Å². The number of fused-ring (bicyclic) bond motifs is 5. The molecule has 0 unspecified atom stereocenters. The Labute approximate surface area is 142 Å². The van der Waals surface area contributed by atoms with Gasteiger partial charge < -0.3 is 8.83 Å². The SMILES string of the molecule is Cc1oc2c(C)c(C)c3c4c(C)c(C)oc4c(C)c(C)c3c2c1C. The summed E-state index contributed by atoms with van der Waals surface area (Å²) in [6.07, 6.45) is 0. The van der Waals surface area contributed by atoms with E-state index >= 15 is 0 Å². The van der Waals surface area contributed by atoms with E-state index in [1.807, 2.05) is 0 Å². The van der Waals surface area contributed by atoms with Crippen LogP contribution in [0.3, 0.4) is 0 Å². The second kappa shape index (κ2) is 4.66. The molecule has 2 aromatic heterocycles. The molecule has 0 N–H and O–H groups in total. The van der Waals surface area contributed by atoms with Crippen LogP contribution in [0.1, 0.15) is 44.9 Å². The summed E-state index contributed by atoms with van der Waals surface area (Å²) < 4.78 is 12.3. The number of aryl methyl sites for hydroxylation is 8. The molecule has 0 aliphatic carbocycles. The van der Waals surface area contributed by atoms with Crippen LogP contribution in [0.5, 0.6) is 0 Å². The summed E-state index contributed by atoms with van der Waals surface area (Å²) in [6.45, 7) is 17.2. The lowest BCUT2D eigenvalue weighted by molar-refractivity contribution is 0.572. The second-order valence-corrected chi connectivity index (χ2v) is 7.22. The first-order valence-corrected chi connectivity index (χ1v) is 8.57. The van der Waals surface area contributed by atoms with Crippen LogP contribution in [0.4, 0.5) is 0 Å². The molecule has 4 aromatic rings. The molecule has 2 nitrogen and oxygen atoms in total. The zero-order chi connectivity index (χ0) is 17.5. The summed E-state index contributed by atoms with van der Waals surface area (Å²) >= 11 is 0. The molecule has 0 aliphatic heterocycles. The van der Waals surface area contributed by atoms with Crippen molar-refractivity contribution in [3.63, 3.8) is 0 Å². The summed E-state index contributed by atoms with van der Waals surface area (Å²) in [7, 11) is 0. The first kappa shape index (κ1) is 15.3. The highest BCUT2D eigenvalue weighted by Crippen LogP contribution is 2.45. The van der Waals surface area contributed by atoms with Gasteiger partial charge in [-0.3, -0.25) is 0 Å². The lowest BCUT2D eigenvalue weighted by Gasteiger charge is -2.15. The number of hydrogen-bond donors (Lipinski definition) is 0. The molecular weight excluding hydrogens is 296 g/mol. The minimum Gasteiger partial charge on any atom is -0.461 e. The zero-order valence-corrected chi connectivity index (χ0v) is 15.8. The molecular formula is C22H24O2. The number of benzene rings is 2. The van der Waals surface area contributed by atoms with Crippen LogP contribution in [-0.2, 0) is 0 Å². The van der Waals surface area contributed by atoms with Gasteiger partial charge in [0.1, 0.15) is 22.7 Å². The summed E-state index contributed by atoms with van der Waals surface area (Å²) in [6, 6.07) is 0. The van der Waals surface area contributed by atoms with Crippen LogP contribution in [0, 0.1) is 55.4 Å². The molecule has 0 fully saturated rings. The molecule has 0 spiro atoms. The van der Waals surface area contributed by atoms with Crippen molar-refractivity contribution in [2.45, 2.75) is 55.4 Å². The van der Waals surface area contributed by atoms with Crippen molar-refractivity contribution in [1.82, 2.24) is 0 Å². The Bertz CT molecular complexity index is 1070. The van der Waals surface area contributed by atoms with Gasteiger partial charge in [-0.05, 0) is 99.5 Å². The second-order valence-electron chi connectivity index (χ2n) is 7.22. The molecule has 4 rings (SSSR count). The average Bonchev–Trinajstić information content (AvgIpc) is 3.00. The number of rotatable bonds is 0. The Morgan fingerprint density at radius 3 is 1.04 bits per heavy atom. The molecule has 0 saturated heterocycles. The van der Waals surface area contributed by atoms with Gasteiger partial charge in [0.05, 0.1) is 0 Å². The van der Waals surface area contributed by atoms with E-state index in [-0.39, 0.29) is 0 Å². The molecule has 0 amide bonds. The van der Waals surface area contributed by atoms with E-state index in [4.69, 9.17) is 8.83 Å². The van der Waals surface area contributed by atoms with E-state index in [0.29, 0.717) is 0 Å². The first-order valence-electron chi connectivity index (χ1n) is 8.57. The number of furan rings is 2. The first-order chi connectivity index (χ1) is 11.3. The van der Waals surface area contributed by atoms with E-state index in [9.17, 15) is 0 Å². The maximum absolute atomic E-state index is 6.14. The van der Waals surface area contributed by atoms with E-state index in [0.717, 1.165) is 22.7 Å². The van der Waals surface area contributed by atoms with Crippen molar-refractivity contribution in [1.29, 1.82) is 0 Å². The smallest absolute Gasteiger partial charge is 0.138 e. The standard InChI is InChI=1S/C22H24O2/c1-9-11(3)21-20(14(6)16(8)23-21)18-10(2)12(4)22-19(17(9)18)13(5)15(7)24-22/h1-8H3. The van der Waals surface area contributed by atoms with Crippen molar-refractivity contribution in [2.24, 2.45) is 0 Å². The predicted molar refractivity (Wildman–Crippen MR) is 101 cm³/mol. The minimum atomic E-state index is 1.01. The molecule has 0 bridgehead atoms. The van der Waals surface area contributed by atoms with Gasteiger partial charge in [0, 0.05) is 10.8 Å². The van der Waals surface area contributed by atoms with Crippen molar-refractivity contribution in [2.75, 3.05) is 0 Å². The highest BCUT2D eigenvalue weighted by Gasteiger charge is 2.23. The molecule has 24 heavy (non-hydrogen) atoms. The third-order valence-corrected chi connectivity index (χ3v) is 6.08. The molecule has 2 heteroatoms. The Kier molecular flexibility index (Phi) is 2.97. The van der Waals surface area contributed by atoms with Crippen LogP contribution >= 0.6 is 0 Å². The Morgan fingerprint density at radius 1 is 0.375 bits per heavy atom. The molecule has 124 valence electrons. The fourth-order valence-electron chi connectivity index (χ4n) is 4.10. The van der Waals surface area contributed by atoms with Gasteiger partial charge in [0.2, 0.25) is 0 Å². The van der Waals surface area contributed by atoms with Gasteiger partial charge in [-0.1, -0.05) is 0 Å². The summed E-state index contributed by atoms with van der Waals surface area (Å²) in [4.78, 5) is 0. The quantitative estimate of drug-likeness (QED) is 0.356. The van der Waals surface area contributed by atoms with Crippen LogP contribution in [0.25, 0.3) is 32.7 Å². The fourth-order valence-corrected chi connectivity index (χ4v) is 4.10. The number of hydrogen-bond acceptors (Lipinski definition) is 2. The Balaban J connectivity index is 2.51. The average molecular weight is 320 g/mol.